The van der Waals surface area contributed by atoms with Crippen LogP contribution < -0.4 is 0 Å². The minimum absolute atomic E-state index is 0.118. The van der Waals surface area contributed by atoms with Crippen molar-refractivity contribution in [3.8, 4) is 0 Å². The molecule has 0 saturated heterocycles. The first-order chi connectivity index (χ1) is 16.9. The lowest BCUT2D eigenvalue weighted by molar-refractivity contribution is -0.156. The summed E-state index contributed by atoms with van der Waals surface area (Å²) in [6, 6.07) is 21.1. The number of methoxy groups -OCH3 is 1. The lowest BCUT2D eigenvalue weighted by atomic mass is 9.91. The molecule has 0 aliphatic rings. The molecule has 0 aliphatic carbocycles. The topological polar surface area (TPSA) is 93.1 Å². The summed E-state index contributed by atoms with van der Waals surface area (Å²) in [4.78, 5) is 24.2. The van der Waals surface area contributed by atoms with Gasteiger partial charge < -0.3 is 19.7 Å². The highest BCUT2D eigenvalue weighted by Gasteiger charge is 2.27. The first-order valence-electron chi connectivity index (χ1n) is 12.0. The van der Waals surface area contributed by atoms with Crippen LogP contribution in [0.3, 0.4) is 0 Å². The van der Waals surface area contributed by atoms with Crippen LogP contribution in [0.1, 0.15) is 60.0 Å². The van der Waals surface area contributed by atoms with Crippen molar-refractivity contribution >= 4 is 22.7 Å². The standard InChI is InChI=1S/C29H34O6/c1-20(23-14-12-22-13-15-24(28(32)34-2)17-25(22)16-23)8-6-7-11-27(31)26(18-30)29(33)35-19-21-9-4-3-5-10-21/h3-5,9-10,12-17,20,26-27,30-31H,6-8,11,18-19H2,1-2H3/t20?,26-,27-/m1/s1. The van der Waals surface area contributed by atoms with E-state index in [1.54, 1.807) is 6.07 Å². The summed E-state index contributed by atoms with van der Waals surface area (Å²) in [5.41, 5.74) is 2.56. The molecule has 3 aromatic rings. The van der Waals surface area contributed by atoms with Gasteiger partial charge in [0.1, 0.15) is 12.5 Å². The van der Waals surface area contributed by atoms with Gasteiger partial charge in [0.15, 0.2) is 0 Å². The summed E-state index contributed by atoms with van der Waals surface area (Å²) in [6.07, 6.45) is 1.98. The molecule has 0 spiro atoms. The van der Waals surface area contributed by atoms with Gasteiger partial charge in [0.2, 0.25) is 0 Å². The third kappa shape index (κ3) is 7.38. The van der Waals surface area contributed by atoms with Gasteiger partial charge in [-0.3, -0.25) is 4.79 Å². The molecule has 35 heavy (non-hydrogen) atoms. The Balaban J connectivity index is 1.47. The third-order valence-electron chi connectivity index (χ3n) is 6.43. The Hall–Kier alpha value is -3.22. The maximum absolute atomic E-state index is 12.3. The molecule has 1 unspecified atom stereocenters. The van der Waals surface area contributed by atoms with Crippen molar-refractivity contribution in [2.45, 2.75) is 51.2 Å². The van der Waals surface area contributed by atoms with Crippen LogP contribution in [0.4, 0.5) is 0 Å². The van der Waals surface area contributed by atoms with Gasteiger partial charge >= 0.3 is 11.9 Å². The summed E-state index contributed by atoms with van der Waals surface area (Å²) in [6.45, 7) is 1.82. The first-order valence-corrected chi connectivity index (χ1v) is 12.0. The summed E-state index contributed by atoms with van der Waals surface area (Å²) in [5, 5.41) is 22.1. The van der Waals surface area contributed by atoms with Crippen molar-refractivity contribution < 1.29 is 29.3 Å². The molecule has 3 atom stereocenters. The van der Waals surface area contributed by atoms with Crippen LogP contribution in [0.2, 0.25) is 0 Å². The molecule has 6 nitrogen and oxygen atoms in total. The van der Waals surface area contributed by atoms with Crippen LogP contribution in [0, 0.1) is 5.92 Å². The quantitative estimate of drug-likeness (QED) is 0.281. The SMILES string of the molecule is COC(=O)c1ccc2ccc(C(C)CCCC[C@@H](O)[C@@H](CO)C(=O)OCc3ccccc3)cc2c1. The normalized spacial score (nSPS) is 13.7. The van der Waals surface area contributed by atoms with Crippen LogP contribution in [0.5, 0.6) is 0 Å². The van der Waals surface area contributed by atoms with E-state index in [0.717, 1.165) is 35.6 Å². The van der Waals surface area contributed by atoms with Crippen molar-refractivity contribution in [3.05, 3.63) is 83.4 Å². The molecule has 0 aromatic heterocycles. The highest BCUT2D eigenvalue weighted by molar-refractivity contribution is 5.95. The van der Waals surface area contributed by atoms with Gasteiger partial charge in [0.25, 0.3) is 0 Å². The van der Waals surface area contributed by atoms with Crippen LogP contribution in [-0.2, 0) is 20.9 Å². The number of aliphatic hydroxyl groups is 2. The molecule has 0 heterocycles. The van der Waals surface area contributed by atoms with Crippen molar-refractivity contribution in [1.29, 1.82) is 0 Å². The fourth-order valence-electron chi connectivity index (χ4n) is 4.18. The third-order valence-corrected chi connectivity index (χ3v) is 6.43. The zero-order valence-electron chi connectivity index (χ0n) is 20.4. The summed E-state index contributed by atoms with van der Waals surface area (Å²) >= 11 is 0. The fraction of sp³-hybridized carbons (Fsp3) is 0.379. The number of aliphatic hydroxyl groups excluding tert-OH is 2. The largest absolute Gasteiger partial charge is 0.465 e. The molecule has 3 rings (SSSR count). The maximum atomic E-state index is 12.3. The lowest BCUT2D eigenvalue weighted by Crippen LogP contribution is -2.32. The second-order valence-corrected chi connectivity index (χ2v) is 8.95. The van der Waals surface area contributed by atoms with Gasteiger partial charge in [0.05, 0.1) is 25.4 Å². The van der Waals surface area contributed by atoms with Crippen LogP contribution in [0.15, 0.2) is 66.7 Å². The number of carbonyl (C=O) groups excluding carboxylic acids is 2. The second-order valence-electron chi connectivity index (χ2n) is 8.95. The zero-order valence-corrected chi connectivity index (χ0v) is 20.4. The predicted molar refractivity (Wildman–Crippen MR) is 135 cm³/mol. The number of esters is 2. The molecule has 0 fully saturated rings. The van der Waals surface area contributed by atoms with E-state index in [0.29, 0.717) is 17.9 Å². The monoisotopic (exact) mass is 478 g/mol. The Morgan fingerprint density at radius 3 is 2.34 bits per heavy atom. The van der Waals surface area contributed by atoms with E-state index in [-0.39, 0.29) is 12.6 Å². The predicted octanol–water partition coefficient (Wildman–Crippen LogP) is 5.00. The molecular formula is C29H34O6. The number of fused-ring (bicyclic) bond motifs is 1. The Morgan fingerprint density at radius 1 is 0.914 bits per heavy atom. The number of carbonyl (C=O) groups is 2. The maximum Gasteiger partial charge on any atom is 0.337 e. The lowest BCUT2D eigenvalue weighted by Gasteiger charge is -2.20. The molecule has 0 bridgehead atoms. The minimum Gasteiger partial charge on any atom is -0.465 e. The minimum atomic E-state index is -0.948. The average molecular weight is 479 g/mol. The number of rotatable bonds is 12. The number of ether oxygens (including phenoxy) is 2. The Morgan fingerprint density at radius 2 is 1.63 bits per heavy atom. The first kappa shape index (κ1) is 26.4. The Kier molecular flexibility index (Phi) is 9.82. The summed E-state index contributed by atoms with van der Waals surface area (Å²) in [7, 11) is 1.37. The Labute approximate surface area is 206 Å². The van der Waals surface area contributed by atoms with E-state index in [1.165, 1.54) is 12.7 Å². The molecule has 3 aromatic carbocycles. The molecular weight excluding hydrogens is 444 g/mol. The second kappa shape index (κ2) is 13.0. The number of unbranched alkanes of at least 4 members (excludes halogenated alkanes) is 1. The van der Waals surface area contributed by atoms with Crippen molar-refractivity contribution in [1.82, 2.24) is 0 Å². The van der Waals surface area contributed by atoms with E-state index in [2.05, 4.69) is 25.1 Å². The average Bonchev–Trinajstić information content (AvgIpc) is 2.89. The molecule has 0 saturated carbocycles. The van der Waals surface area contributed by atoms with Gasteiger partial charge in [-0.05, 0) is 52.8 Å². The number of hydrogen-bond acceptors (Lipinski definition) is 6. The van der Waals surface area contributed by atoms with Gasteiger partial charge in [-0.15, -0.1) is 0 Å². The van der Waals surface area contributed by atoms with E-state index in [1.807, 2.05) is 42.5 Å². The zero-order chi connectivity index (χ0) is 25.2. The smallest absolute Gasteiger partial charge is 0.337 e. The molecule has 0 radical (unpaired) electrons. The Bertz CT molecular complexity index is 1110. The van der Waals surface area contributed by atoms with Crippen LogP contribution >= 0.6 is 0 Å². The fourth-order valence-corrected chi connectivity index (χ4v) is 4.18. The van der Waals surface area contributed by atoms with Crippen LogP contribution in [-0.4, -0.2) is 42.0 Å². The van der Waals surface area contributed by atoms with Gasteiger partial charge in [-0.1, -0.05) is 74.4 Å². The van der Waals surface area contributed by atoms with Gasteiger partial charge in [0, 0.05) is 0 Å². The van der Waals surface area contributed by atoms with E-state index < -0.39 is 24.6 Å². The molecule has 0 aliphatic heterocycles. The molecule has 2 N–H and O–H groups in total. The van der Waals surface area contributed by atoms with Crippen molar-refractivity contribution in [3.63, 3.8) is 0 Å². The van der Waals surface area contributed by atoms with Crippen molar-refractivity contribution in [2.75, 3.05) is 13.7 Å². The van der Waals surface area contributed by atoms with Gasteiger partial charge in [-0.25, -0.2) is 4.79 Å². The molecule has 186 valence electrons. The number of benzene rings is 3. The molecule has 0 amide bonds. The number of hydrogen-bond donors (Lipinski definition) is 2. The van der Waals surface area contributed by atoms with Gasteiger partial charge in [-0.2, -0.15) is 0 Å². The molecule has 6 heteroatoms. The van der Waals surface area contributed by atoms with E-state index in [9.17, 15) is 19.8 Å². The van der Waals surface area contributed by atoms with Crippen LogP contribution in [0.25, 0.3) is 10.8 Å². The van der Waals surface area contributed by atoms with E-state index in [4.69, 9.17) is 9.47 Å². The summed E-state index contributed by atoms with van der Waals surface area (Å²) in [5.74, 6) is -1.59. The highest BCUT2D eigenvalue weighted by atomic mass is 16.5. The van der Waals surface area contributed by atoms with Crippen molar-refractivity contribution in [2.24, 2.45) is 5.92 Å². The summed E-state index contributed by atoms with van der Waals surface area (Å²) < 4.78 is 10.1. The highest BCUT2D eigenvalue weighted by Crippen LogP contribution is 2.27. The van der Waals surface area contributed by atoms with E-state index >= 15 is 0 Å².